The first-order chi connectivity index (χ1) is 9.21. The van der Waals surface area contributed by atoms with Gasteiger partial charge in [0.15, 0.2) is 0 Å². The van der Waals surface area contributed by atoms with Gasteiger partial charge >= 0.3 is 0 Å². The van der Waals surface area contributed by atoms with Crippen LogP contribution in [-0.4, -0.2) is 27.2 Å². The van der Waals surface area contributed by atoms with Crippen LogP contribution in [0.1, 0.15) is 32.1 Å². The number of aliphatic hydroxyl groups is 1. The van der Waals surface area contributed by atoms with Gasteiger partial charge in [0.25, 0.3) is 0 Å². The predicted molar refractivity (Wildman–Crippen MR) is 77.0 cm³/mol. The Labute approximate surface area is 112 Å². The molecule has 0 spiro atoms. The van der Waals surface area contributed by atoms with Crippen LogP contribution in [0, 0.1) is 0 Å². The number of hydrogen-bond donors (Lipinski definition) is 4. The van der Waals surface area contributed by atoms with Crippen LogP contribution in [0.3, 0.4) is 0 Å². The Kier molecular flexibility index (Phi) is 3.06. The molecule has 0 amide bonds. The third-order valence-corrected chi connectivity index (χ3v) is 4.00. The minimum absolute atomic E-state index is 0.145. The number of rotatable bonds is 3. The fraction of sp³-hybridized carbons (Fsp3) is 0.500. The van der Waals surface area contributed by atoms with Gasteiger partial charge in [-0.25, -0.2) is 4.98 Å². The number of anilines is 2. The monoisotopic (exact) mass is 260 g/mol. The Morgan fingerprint density at radius 1 is 1.32 bits per heavy atom. The standard InChI is InChI=1S/C14H20N4O/c15-10-4-5-11-12(8-10)17-13(16-11)18-14(9-19)6-2-1-3-7-14/h4-5,8,19H,1-3,6-7,9,15H2,(H2,16,17,18). The van der Waals surface area contributed by atoms with Crippen molar-refractivity contribution in [3.05, 3.63) is 18.2 Å². The summed E-state index contributed by atoms with van der Waals surface area (Å²) >= 11 is 0. The summed E-state index contributed by atoms with van der Waals surface area (Å²) in [4.78, 5) is 7.74. The van der Waals surface area contributed by atoms with E-state index in [0.29, 0.717) is 0 Å². The number of nitrogens with two attached hydrogens (primary N) is 1. The lowest BCUT2D eigenvalue weighted by molar-refractivity contribution is 0.172. The van der Waals surface area contributed by atoms with Crippen LogP contribution in [0.2, 0.25) is 0 Å². The van der Waals surface area contributed by atoms with E-state index in [0.717, 1.165) is 48.4 Å². The van der Waals surface area contributed by atoms with Gasteiger partial charge in [0.05, 0.1) is 23.2 Å². The maximum Gasteiger partial charge on any atom is 0.201 e. The number of fused-ring (bicyclic) bond motifs is 1. The summed E-state index contributed by atoms with van der Waals surface area (Å²) in [6.45, 7) is 0.145. The van der Waals surface area contributed by atoms with Crippen molar-refractivity contribution in [2.24, 2.45) is 0 Å². The highest BCUT2D eigenvalue weighted by atomic mass is 16.3. The molecule has 0 saturated heterocycles. The zero-order valence-corrected chi connectivity index (χ0v) is 10.9. The Bertz CT molecular complexity index is 572. The van der Waals surface area contributed by atoms with E-state index >= 15 is 0 Å². The molecule has 1 aliphatic rings. The molecule has 19 heavy (non-hydrogen) atoms. The van der Waals surface area contributed by atoms with Crippen molar-refractivity contribution in [3.8, 4) is 0 Å². The van der Waals surface area contributed by atoms with E-state index in [4.69, 9.17) is 5.73 Å². The fourth-order valence-electron chi connectivity index (χ4n) is 2.89. The summed E-state index contributed by atoms with van der Waals surface area (Å²) in [5.74, 6) is 0.719. The van der Waals surface area contributed by atoms with Gasteiger partial charge in [-0.05, 0) is 31.0 Å². The molecule has 5 N–H and O–H groups in total. The van der Waals surface area contributed by atoms with Gasteiger partial charge in [0, 0.05) is 5.69 Å². The Hall–Kier alpha value is -1.75. The molecule has 1 heterocycles. The largest absolute Gasteiger partial charge is 0.399 e. The van der Waals surface area contributed by atoms with Crippen molar-refractivity contribution < 1.29 is 5.11 Å². The summed E-state index contributed by atoms with van der Waals surface area (Å²) in [6, 6.07) is 5.62. The van der Waals surface area contributed by atoms with E-state index in [1.165, 1.54) is 6.42 Å². The molecular weight excluding hydrogens is 240 g/mol. The Morgan fingerprint density at radius 2 is 2.11 bits per heavy atom. The van der Waals surface area contributed by atoms with E-state index < -0.39 is 0 Å². The molecule has 0 radical (unpaired) electrons. The molecule has 0 aliphatic heterocycles. The van der Waals surface area contributed by atoms with E-state index in [1.807, 2.05) is 18.2 Å². The van der Waals surface area contributed by atoms with Crippen LogP contribution in [0.25, 0.3) is 11.0 Å². The lowest BCUT2D eigenvalue weighted by Gasteiger charge is -2.36. The number of H-pyrrole nitrogens is 1. The normalized spacial score (nSPS) is 18.6. The molecule has 5 heteroatoms. The lowest BCUT2D eigenvalue weighted by Crippen LogP contribution is -2.44. The molecular formula is C14H20N4O. The lowest BCUT2D eigenvalue weighted by atomic mass is 9.82. The molecule has 1 aromatic carbocycles. The van der Waals surface area contributed by atoms with Crippen LogP contribution < -0.4 is 11.1 Å². The molecule has 0 bridgehead atoms. The van der Waals surface area contributed by atoms with E-state index in [9.17, 15) is 5.11 Å². The SMILES string of the molecule is Nc1ccc2nc(NC3(CO)CCCCC3)[nH]c2c1. The van der Waals surface area contributed by atoms with E-state index in [-0.39, 0.29) is 12.1 Å². The number of benzene rings is 1. The molecule has 1 fully saturated rings. The van der Waals surface area contributed by atoms with Crippen molar-refractivity contribution in [2.75, 3.05) is 17.7 Å². The first-order valence-electron chi connectivity index (χ1n) is 6.85. The van der Waals surface area contributed by atoms with Crippen molar-refractivity contribution in [2.45, 2.75) is 37.6 Å². The average molecular weight is 260 g/mol. The molecule has 0 unspecified atom stereocenters. The van der Waals surface area contributed by atoms with Crippen molar-refractivity contribution in [3.63, 3.8) is 0 Å². The van der Waals surface area contributed by atoms with Gasteiger partial charge in [-0.2, -0.15) is 0 Å². The zero-order valence-electron chi connectivity index (χ0n) is 10.9. The molecule has 5 nitrogen and oxygen atoms in total. The van der Waals surface area contributed by atoms with Crippen LogP contribution in [0.15, 0.2) is 18.2 Å². The maximum atomic E-state index is 9.70. The van der Waals surface area contributed by atoms with Gasteiger partial charge in [0.2, 0.25) is 5.95 Å². The Morgan fingerprint density at radius 3 is 2.84 bits per heavy atom. The summed E-state index contributed by atoms with van der Waals surface area (Å²) in [5, 5.41) is 13.1. The number of imidazole rings is 1. The van der Waals surface area contributed by atoms with Gasteiger partial charge in [-0.15, -0.1) is 0 Å². The minimum atomic E-state index is -0.225. The summed E-state index contributed by atoms with van der Waals surface area (Å²) in [5.41, 5.74) is 8.07. The highest BCUT2D eigenvalue weighted by Crippen LogP contribution is 2.31. The first kappa shape index (κ1) is 12.3. The maximum absolute atomic E-state index is 9.70. The topological polar surface area (TPSA) is 87.0 Å². The quantitative estimate of drug-likeness (QED) is 0.637. The second kappa shape index (κ2) is 4.74. The zero-order chi connectivity index (χ0) is 13.3. The molecule has 1 aromatic heterocycles. The van der Waals surface area contributed by atoms with Crippen molar-refractivity contribution in [1.82, 2.24) is 9.97 Å². The molecule has 102 valence electrons. The second-order valence-electron chi connectivity index (χ2n) is 5.49. The molecule has 2 aromatic rings. The van der Waals surface area contributed by atoms with Crippen molar-refractivity contribution in [1.29, 1.82) is 0 Å². The number of hydrogen-bond acceptors (Lipinski definition) is 4. The van der Waals surface area contributed by atoms with E-state index in [2.05, 4.69) is 15.3 Å². The van der Waals surface area contributed by atoms with Gasteiger partial charge in [-0.3, -0.25) is 0 Å². The van der Waals surface area contributed by atoms with Crippen LogP contribution in [0.4, 0.5) is 11.6 Å². The third kappa shape index (κ3) is 2.38. The third-order valence-electron chi connectivity index (χ3n) is 4.00. The number of aromatic amines is 1. The minimum Gasteiger partial charge on any atom is -0.399 e. The number of nitrogens with one attached hydrogen (secondary N) is 2. The summed E-state index contributed by atoms with van der Waals surface area (Å²) in [7, 11) is 0. The molecule has 3 rings (SSSR count). The smallest absolute Gasteiger partial charge is 0.201 e. The second-order valence-corrected chi connectivity index (χ2v) is 5.49. The number of aromatic nitrogens is 2. The number of nitrogen functional groups attached to an aromatic ring is 1. The Balaban J connectivity index is 1.87. The van der Waals surface area contributed by atoms with Gasteiger partial charge < -0.3 is 21.1 Å². The van der Waals surface area contributed by atoms with Gasteiger partial charge in [0.1, 0.15) is 0 Å². The molecule has 1 aliphatic carbocycles. The summed E-state index contributed by atoms with van der Waals surface area (Å²) < 4.78 is 0. The molecule has 0 atom stereocenters. The first-order valence-corrected chi connectivity index (χ1v) is 6.85. The number of nitrogens with zero attached hydrogens (tertiary/aromatic N) is 1. The van der Waals surface area contributed by atoms with E-state index in [1.54, 1.807) is 0 Å². The van der Waals surface area contributed by atoms with Crippen LogP contribution in [0.5, 0.6) is 0 Å². The average Bonchev–Trinajstić information content (AvgIpc) is 2.81. The fourth-order valence-corrected chi connectivity index (χ4v) is 2.89. The highest BCUT2D eigenvalue weighted by Gasteiger charge is 2.31. The van der Waals surface area contributed by atoms with Gasteiger partial charge in [-0.1, -0.05) is 19.3 Å². The predicted octanol–water partition coefficient (Wildman–Crippen LogP) is 2.25. The highest BCUT2D eigenvalue weighted by molar-refractivity contribution is 5.80. The van der Waals surface area contributed by atoms with Crippen LogP contribution >= 0.6 is 0 Å². The van der Waals surface area contributed by atoms with Crippen LogP contribution in [-0.2, 0) is 0 Å². The summed E-state index contributed by atoms with van der Waals surface area (Å²) in [6.07, 6.45) is 5.53. The number of aliphatic hydroxyl groups excluding tert-OH is 1. The van der Waals surface area contributed by atoms with Crippen molar-refractivity contribution >= 4 is 22.7 Å². The molecule has 1 saturated carbocycles.